The number of nitrogens with zero attached hydrogens (tertiary/aromatic N) is 2. The average molecular weight is 306 g/mol. The second-order valence-corrected chi connectivity index (χ2v) is 5.68. The van der Waals surface area contributed by atoms with Gasteiger partial charge in [0.25, 0.3) is 5.69 Å². The molecule has 5 nitrogen and oxygen atoms in total. The van der Waals surface area contributed by atoms with Gasteiger partial charge >= 0.3 is 0 Å². The zero-order valence-electron chi connectivity index (χ0n) is 11.5. The van der Waals surface area contributed by atoms with E-state index in [-0.39, 0.29) is 10.6 Å². The number of hydrogen-bond donors (Lipinski definition) is 1. The SMILES string of the molecule is O=[N+]([O-])c1cccc(Cl)c1Cn1cccc1CNC1CC1. The number of rotatable bonds is 6. The summed E-state index contributed by atoms with van der Waals surface area (Å²) in [6.07, 6.45) is 4.39. The first-order valence-corrected chi connectivity index (χ1v) is 7.32. The Kier molecular flexibility index (Phi) is 3.94. The lowest BCUT2D eigenvalue weighted by molar-refractivity contribution is -0.385. The van der Waals surface area contributed by atoms with Crippen LogP contribution in [0.25, 0.3) is 0 Å². The molecule has 0 bridgehead atoms. The predicted octanol–water partition coefficient (Wildman–Crippen LogP) is 3.35. The fourth-order valence-corrected chi connectivity index (χ4v) is 2.58. The first-order valence-electron chi connectivity index (χ1n) is 6.94. The van der Waals surface area contributed by atoms with Gasteiger partial charge in [-0.15, -0.1) is 0 Å². The van der Waals surface area contributed by atoms with Gasteiger partial charge in [0.15, 0.2) is 0 Å². The van der Waals surface area contributed by atoms with Crippen LogP contribution in [0.3, 0.4) is 0 Å². The number of nitrogens with one attached hydrogen (secondary N) is 1. The van der Waals surface area contributed by atoms with E-state index in [4.69, 9.17) is 11.6 Å². The minimum absolute atomic E-state index is 0.0669. The molecule has 1 heterocycles. The minimum Gasteiger partial charge on any atom is -0.346 e. The molecule has 3 rings (SSSR count). The van der Waals surface area contributed by atoms with E-state index in [1.807, 2.05) is 22.9 Å². The van der Waals surface area contributed by atoms with Gasteiger partial charge in [-0.25, -0.2) is 0 Å². The van der Waals surface area contributed by atoms with Crippen LogP contribution in [-0.4, -0.2) is 15.5 Å². The fourth-order valence-electron chi connectivity index (χ4n) is 2.35. The average Bonchev–Trinajstić information content (AvgIpc) is 3.18. The van der Waals surface area contributed by atoms with E-state index >= 15 is 0 Å². The summed E-state index contributed by atoms with van der Waals surface area (Å²) in [5, 5.41) is 15.0. The first kappa shape index (κ1) is 14.1. The van der Waals surface area contributed by atoms with E-state index in [1.54, 1.807) is 12.1 Å². The molecule has 1 aliphatic rings. The molecule has 1 fully saturated rings. The maximum atomic E-state index is 11.1. The first-order chi connectivity index (χ1) is 10.1. The lowest BCUT2D eigenvalue weighted by Gasteiger charge is -2.11. The molecule has 110 valence electrons. The highest BCUT2D eigenvalue weighted by molar-refractivity contribution is 6.31. The van der Waals surface area contributed by atoms with Gasteiger partial charge in [-0.1, -0.05) is 17.7 Å². The summed E-state index contributed by atoms with van der Waals surface area (Å²) in [5.74, 6) is 0. The van der Waals surface area contributed by atoms with Crippen LogP contribution in [0.1, 0.15) is 24.1 Å². The van der Waals surface area contributed by atoms with Gasteiger partial charge in [-0.2, -0.15) is 0 Å². The Hall–Kier alpha value is -1.85. The Balaban J connectivity index is 1.83. The highest BCUT2D eigenvalue weighted by Gasteiger charge is 2.21. The van der Waals surface area contributed by atoms with Crippen LogP contribution in [-0.2, 0) is 13.1 Å². The Morgan fingerprint density at radius 3 is 2.86 bits per heavy atom. The summed E-state index contributed by atoms with van der Waals surface area (Å²) in [5.41, 5.74) is 1.72. The maximum Gasteiger partial charge on any atom is 0.275 e. The lowest BCUT2D eigenvalue weighted by atomic mass is 10.1. The number of benzene rings is 1. The van der Waals surface area contributed by atoms with Gasteiger partial charge in [0.2, 0.25) is 0 Å². The molecular weight excluding hydrogens is 290 g/mol. The van der Waals surface area contributed by atoms with Crippen LogP contribution >= 0.6 is 11.6 Å². The van der Waals surface area contributed by atoms with Crippen LogP contribution in [0.15, 0.2) is 36.5 Å². The number of nitro groups is 1. The molecule has 0 atom stereocenters. The molecule has 21 heavy (non-hydrogen) atoms. The summed E-state index contributed by atoms with van der Waals surface area (Å²) in [6, 6.07) is 9.39. The summed E-state index contributed by atoms with van der Waals surface area (Å²) in [4.78, 5) is 10.8. The number of halogens is 1. The Morgan fingerprint density at radius 1 is 1.33 bits per heavy atom. The molecule has 1 saturated carbocycles. The van der Waals surface area contributed by atoms with E-state index in [0.717, 1.165) is 12.2 Å². The molecule has 6 heteroatoms. The molecule has 0 radical (unpaired) electrons. The van der Waals surface area contributed by atoms with Crippen LogP contribution in [0.4, 0.5) is 5.69 Å². The van der Waals surface area contributed by atoms with Crippen molar-refractivity contribution in [3.05, 3.63) is 62.9 Å². The molecule has 0 aliphatic heterocycles. The summed E-state index contributed by atoms with van der Waals surface area (Å²) in [6.45, 7) is 1.18. The molecular formula is C15H16ClN3O2. The highest BCUT2D eigenvalue weighted by Crippen LogP contribution is 2.27. The molecule has 1 aromatic heterocycles. The molecule has 0 unspecified atom stereocenters. The molecule has 1 aliphatic carbocycles. The standard InChI is InChI=1S/C15H16ClN3O2/c16-14-4-1-5-15(19(20)21)13(14)10-18-8-2-3-12(18)9-17-11-6-7-11/h1-5,8,11,17H,6-7,9-10H2. The third-order valence-corrected chi connectivity index (χ3v) is 4.05. The van der Waals surface area contributed by atoms with Crippen molar-refractivity contribution >= 4 is 17.3 Å². The molecule has 0 spiro atoms. The van der Waals surface area contributed by atoms with Gasteiger partial charge in [-0.05, 0) is 31.0 Å². The molecule has 0 saturated heterocycles. The van der Waals surface area contributed by atoms with Crippen LogP contribution < -0.4 is 5.32 Å². The van der Waals surface area contributed by atoms with Crippen LogP contribution in [0.5, 0.6) is 0 Å². The van der Waals surface area contributed by atoms with Crippen molar-refractivity contribution in [2.75, 3.05) is 0 Å². The van der Waals surface area contributed by atoms with Gasteiger partial charge in [0, 0.05) is 30.5 Å². The van der Waals surface area contributed by atoms with E-state index in [0.29, 0.717) is 23.2 Å². The summed E-state index contributed by atoms with van der Waals surface area (Å²) in [7, 11) is 0. The zero-order valence-corrected chi connectivity index (χ0v) is 12.2. The summed E-state index contributed by atoms with van der Waals surface area (Å²) >= 11 is 6.15. The molecule has 2 aromatic rings. The van der Waals surface area contributed by atoms with Crippen molar-refractivity contribution in [3.63, 3.8) is 0 Å². The summed E-state index contributed by atoms with van der Waals surface area (Å²) < 4.78 is 2.00. The van der Waals surface area contributed by atoms with Gasteiger partial charge in [-0.3, -0.25) is 10.1 Å². The highest BCUT2D eigenvalue weighted by atomic mass is 35.5. The zero-order chi connectivity index (χ0) is 14.8. The third kappa shape index (κ3) is 3.25. The molecule has 1 N–H and O–H groups in total. The Morgan fingerprint density at radius 2 is 2.14 bits per heavy atom. The number of nitro benzene ring substituents is 1. The number of aromatic nitrogens is 1. The Bertz CT molecular complexity index is 665. The van der Waals surface area contributed by atoms with Crippen LogP contribution in [0, 0.1) is 10.1 Å². The van der Waals surface area contributed by atoms with E-state index < -0.39 is 0 Å². The normalized spacial score (nSPS) is 14.3. The van der Waals surface area contributed by atoms with Gasteiger partial charge < -0.3 is 9.88 Å². The second-order valence-electron chi connectivity index (χ2n) is 5.28. The largest absolute Gasteiger partial charge is 0.346 e. The van der Waals surface area contributed by atoms with Gasteiger partial charge in [0.05, 0.1) is 22.1 Å². The van der Waals surface area contributed by atoms with Crippen molar-refractivity contribution in [1.29, 1.82) is 0 Å². The quantitative estimate of drug-likeness (QED) is 0.657. The van der Waals surface area contributed by atoms with Crippen molar-refractivity contribution < 1.29 is 4.92 Å². The third-order valence-electron chi connectivity index (χ3n) is 3.69. The number of hydrogen-bond acceptors (Lipinski definition) is 3. The minimum atomic E-state index is -0.382. The van der Waals surface area contributed by atoms with Crippen molar-refractivity contribution in [3.8, 4) is 0 Å². The predicted molar refractivity (Wildman–Crippen MR) is 81.5 cm³/mol. The van der Waals surface area contributed by atoms with Crippen molar-refractivity contribution in [2.24, 2.45) is 0 Å². The molecule has 0 amide bonds. The van der Waals surface area contributed by atoms with Gasteiger partial charge in [0.1, 0.15) is 0 Å². The van der Waals surface area contributed by atoms with E-state index in [2.05, 4.69) is 5.32 Å². The van der Waals surface area contributed by atoms with E-state index in [1.165, 1.54) is 18.9 Å². The monoisotopic (exact) mass is 305 g/mol. The molecule has 1 aromatic carbocycles. The smallest absolute Gasteiger partial charge is 0.275 e. The van der Waals surface area contributed by atoms with Crippen molar-refractivity contribution in [2.45, 2.75) is 32.0 Å². The van der Waals surface area contributed by atoms with E-state index in [9.17, 15) is 10.1 Å². The fraction of sp³-hybridized carbons (Fsp3) is 0.333. The second kappa shape index (κ2) is 5.87. The van der Waals surface area contributed by atoms with Crippen molar-refractivity contribution in [1.82, 2.24) is 9.88 Å². The topological polar surface area (TPSA) is 60.1 Å². The lowest BCUT2D eigenvalue weighted by Crippen LogP contribution is -2.18. The Labute approximate surface area is 127 Å². The maximum absolute atomic E-state index is 11.1. The van der Waals surface area contributed by atoms with Crippen LogP contribution in [0.2, 0.25) is 5.02 Å².